The fraction of sp³-hybridized carbons (Fsp3) is 0.391. The first-order chi connectivity index (χ1) is 15.1. The van der Waals surface area contributed by atoms with E-state index in [0.717, 1.165) is 47.6 Å². The number of methoxy groups -OCH3 is 3. The van der Waals surface area contributed by atoms with Crippen molar-refractivity contribution < 1.29 is 23.7 Å². The number of carbonyl (C=O) groups is 1. The van der Waals surface area contributed by atoms with Crippen LogP contribution in [0.1, 0.15) is 17.2 Å². The first kappa shape index (κ1) is 23.2. The molecule has 8 heteroatoms. The summed E-state index contributed by atoms with van der Waals surface area (Å²) in [5.74, 6) is 1.14. The van der Waals surface area contributed by atoms with Crippen LogP contribution in [0.3, 0.4) is 0 Å². The molecule has 0 aromatic heterocycles. The standard InChI is InChI=1S/C23H27BrN2O5/c1-28-20-12-16(13-21(29-2)22(20)24)14-25-15-19(27)23(30-3)17-4-6-18(7-5-17)26-8-10-31-11-9-26/h4-7,12-14,23H,8-11,15H2,1-3H3. The van der Waals surface area contributed by atoms with Gasteiger partial charge in [-0.2, -0.15) is 0 Å². The van der Waals surface area contributed by atoms with E-state index in [4.69, 9.17) is 18.9 Å². The molecule has 1 unspecified atom stereocenters. The summed E-state index contributed by atoms with van der Waals surface area (Å²) in [6.07, 6.45) is 0.966. The van der Waals surface area contributed by atoms with E-state index in [2.05, 4.69) is 25.8 Å². The number of benzene rings is 2. The normalized spacial score (nSPS) is 15.2. The highest BCUT2D eigenvalue weighted by Crippen LogP contribution is 2.35. The van der Waals surface area contributed by atoms with E-state index < -0.39 is 6.10 Å². The fourth-order valence-corrected chi connectivity index (χ4v) is 3.98. The first-order valence-corrected chi connectivity index (χ1v) is 10.8. The van der Waals surface area contributed by atoms with Crippen LogP contribution in [0.4, 0.5) is 5.69 Å². The molecule has 1 aliphatic heterocycles. The molecule has 0 aliphatic carbocycles. The molecule has 0 bridgehead atoms. The van der Waals surface area contributed by atoms with Crippen LogP contribution in [-0.2, 0) is 14.3 Å². The summed E-state index contributed by atoms with van der Waals surface area (Å²) in [4.78, 5) is 19.3. The van der Waals surface area contributed by atoms with Crippen molar-refractivity contribution in [3.05, 3.63) is 52.0 Å². The van der Waals surface area contributed by atoms with Crippen molar-refractivity contribution in [3.8, 4) is 11.5 Å². The van der Waals surface area contributed by atoms with Crippen LogP contribution in [0.5, 0.6) is 11.5 Å². The van der Waals surface area contributed by atoms with Gasteiger partial charge in [0.2, 0.25) is 0 Å². The van der Waals surface area contributed by atoms with Gasteiger partial charge >= 0.3 is 0 Å². The van der Waals surface area contributed by atoms with Gasteiger partial charge in [0, 0.05) is 32.1 Å². The number of carbonyl (C=O) groups excluding carboxylic acids is 1. The van der Waals surface area contributed by atoms with Gasteiger partial charge in [0.05, 0.1) is 27.4 Å². The smallest absolute Gasteiger partial charge is 0.187 e. The van der Waals surface area contributed by atoms with Gasteiger partial charge in [0.25, 0.3) is 0 Å². The summed E-state index contributed by atoms with van der Waals surface area (Å²) in [7, 11) is 4.70. The van der Waals surface area contributed by atoms with E-state index in [1.165, 1.54) is 7.11 Å². The van der Waals surface area contributed by atoms with Crippen molar-refractivity contribution in [2.75, 3.05) is 59.1 Å². The highest BCUT2D eigenvalue weighted by Gasteiger charge is 2.20. The molecule has 1 aliphatic rings. The topological polar surface area (TPSA) is 69.6 Å². The Morgan fingerprint density at radius 1 is 1.13 bits per heavy atom. The summed E-state index contributed by atoms with van der Waals surface area (Å²) >= 11 is 3.44. The van der Waals surface area contributed by atoms with Gasteiger partial charge in [-0.1, -0.05) is 12.1 Å². The number of anilines is 1. The molecule has 0 spiro atoms. The van der Waals surface area contributed by atoms with Crippen LogP contribution in [-0.4, -0.2) is 66.2 Å². The molecular weight excluding hydrogens is 464 g/mol. The van der Waals surface area contributed by atoms with Crippen molar-refractivity contribution in [2.24, 2.45) is 4.99 Å². The number of hydrogen-bond donors (Lipinski definition) is 0. The van der Waals surface area contributed by atoms with E-state index in [-0.39, 0.29) is 12.3 Å². The minimum atomic E-state index is -0.662. The fourth-order valence-electron chi connectivity index (χ4n) is 3.42. The Morgan fingerprint density at radius 3 is 2.29 bits per heavy atom. The molecule has 0 saturated carbocycles. The third-order valence-corrected chi connectivity index (χ3v) is 5.84. The van der Waals surface area contributed by atoms with Gasteiger partial charge in [-0.15, -0.1) is 0 Å². The number of ketones is 1. The average Bonchev–Trinajstić information content (AvgIpc) is 2.81. The third kappa shape index (κ3) is 5.84. The Kier molecular flexibility index (Phi) is 8.45. The van der Waals surface area contributed by atoms with Crippen molar-refractivity contribution in [1.29, 1.82) is 0 Å². The van der Waals surface area contributed by atoms with E-state index >= 15 is 0 Å². The highest BCUT2D eigenvalue weighted by molar-refractivity contribution is 9.10. The Morgan fingerprint density at radius 2 is 1.74 bits per heavy atom. The first-order valence-electron chi connectivity index (χ1n) is 9.97. The molecule has 166 valence electrons. The molecule has 7 nitrogen and oxygen atoms in total. The molecule has 2 aromatic rings. The van der Waals surface area contributed by atoms with Crippen molar-refractivity contribution in [3.63, 3.8) is 0 Å². The lowest BCUT2D eigenvalue weighted by atomic mass is 10.0. The lowest BCUT2D eigenvalue weighted by molar-refractivity contribution is -0.127. The van der Waals surface area contributed by atoms with Gasteiger partial charge in [-0.3, -0.25) is 9.79 Å². The molecule has 1 saturated heterocycles. The van der Waals surface area contributed by atoms with E-state index in [1.54, 1.807) is 20.4 Å². The maximum atomic E-state index is 12.7. The lowest BCUT2D eigenvalue weighted by Gasteiger charge is -2.29. The highest BCUT2D eigenvalue weighted by atomic mass is 79.9. The van der Waals surface area contributed by atoms with E-state index in [9.17, 15) is 4.79 Å². The second-order valence-electron chi connectivity index (χ2n) is 6.98. The third-order valence-electron chi connectivity index (χ3n) is 5.06. The van der Waals surface area contributed by atoms with Crippen molar-refractivity contribution >= 4 is 33.6 Å². The zero-order valence-corrected chi connectivity index (χ0v) is 19.6. The molecule has 0 N–H and O–H groups in total. The lowest BCUT2D eigenvalue weighted by Crippen LogP contribution is -2.36. The van der Waals surface area contributed by atoms with Crippen LogP contribution >= 0.6 is 15.9 Å². The van der Waals surface area contributed by atoms with Gasteiger partial charge in [0.15, 0.2) is 5.78 Å². The second kappa shape index (κ2) is 11.3. The average molecular weight is 491 g/mol. The summed E-state index contributed by atoms with van der Waals surface area (Å²) in [6.45, 7) is 3.20. The van der Waals surface area contributed by atoms with Crippen molar-refractivity contribution in [2.45, 2.75) is 6.10 Å². The van der Waals surface area contributed by atoms with E-state index in [0.29, 0.717) is 11.5 Å². The number of hydrogen-bond acceptors (Lipinski definition) is 7. The number of halogens is 1. The number of aliphatic imine (C=N–C) groups is 1. The maximum Gasteiger partial charge on any atom is 0.187 e. The molecule has 0 amide bonds. The number of rotatable bonds is 9. The van der Waals surface area contributed by atoms with Gasteiger partial charge in [0.1, 0.15) is 28.6 Å². The summed E-state index contributed by atoms with van der Waals surface area (Å²) < 4.78 is 22.3. The Bertz CT molecular complexity index is 886. The van der Waals surface area contributed by atoms with Crippen LogP contribution in [0.25, 0.3) is 0 Å². The predicted octanol–water partition coefficient (Wildman–Crippen LogP) is 3.68. The van der Waals surface area contributed by atoms with Crippen LogP contribution in [0, 0.1) is 0 Å². The monoisotopic (exact) mass is 490 g/mol. The zero-order chi connectivity index (χ0) is 22.2. The number of morpholine rings is 1. The number of ether oxygens (including phenoxy) is 4. The molecular formula is C23H27BrN2O5. The predicted molar refractivity (Wildman–Crippen MR) is 124 cm³/mol. The number of nitrogens with zero attached hydrogens (tertiary/aromatic N) is 2. The van der Waals surface area contributed by atoms with Crippen LogP contribution < -0.4 is 14.4 Å². The molecule has 3 rings (SSSR count). The Labute approximate surface area is 191 Å². The zero-order valence-electron chi connectivity index (χ0n) is 18.0. The SMILES string of the molecule is COc1cc(C=NCC(=O)C(OC)c2ccc(N3CCOCC3)cc2)cc(OC)c1Br. The summed E-state index contributed by atoms with van der Waals surface area (Å²) in [6, 6.07) is 11.5. The molecule has 1 heterocycles. The van der Waals surface area contributed by atoms with Gasteiger partial charge in [-0.05, 0) is 51.3 Å². The van der Waals surface area contributed by atoms with Crippen LogP contribution in [0.2, 0.25) is 0 Å². The largest absolute Gasteiger partial charge is 0.495 e. The quantitative estimate of drug-likeness (QED) is 0.499. The maximum absolute atomic E-state index is 12.7. The summed E-state index contributed by atoms with van der Waals surface area (Å²) in [5, 5.41) is 0. The molecule has 1 atom stereocenters. The van der Waals surface area contributed by atoms with Crippen molar-refractivity contribution in [1.82, 2.24) is 0 Å². The summed E-state index contributed by atoms with van der Waals surface area (Å²) in [5.41, 5.74) is 2.70. The molecule has 0 radical (unpaired) electrons. The van der Waals surface area contributed by atoms with Crippen LogP contribution in [0.15, 0.2) is 45.9 Å². The number of Topliss-reactive ketones (excluding diaryl/α,β-unsaturated/α-hetero) is 1. The minimum absolute atomic E-state index is 0.00438. The molecule has 31 heavy (non-hydrogen) atoms. The van der Waals surface area contributed by atoms with Gasteiger partial charge < -0.3 is 23.8 Å². The van der Waals surface area contributed by atoms with Gasteiger partial charge in [-0.25, -0.2) is 0 Å². The van der Waals surface area contributed by atoms with E-state index in [1.807, 2.05) is 36.4 Å². The molecule has 2 aromatic carbocycles. The minimum Gasteiger partial charge on any atom is -0.495 e. The Hall–Kier alpha value is -2.42. The second-order valence-corrected chi connectivity index (χ2v) is 7.78. The Balaban J connectivity index is 1.66. The molecule has 1 fully saturated rings.